The number of ether oxygens (including phenoxy) is 1. The Labute approximate surface area is 122 Å². The quantitative estimate of drug-likeness (QED) is 0.915. The number of morpholine rings is 1. The lowest BCUT2D eigenvalue weighted by molar-refractivity contribution is -0.00987. The van der Waals surface area contributed by atoms with Crippen LogP contribution in [-0.4, -0.2) is 47.7 Å². The zero-order valence-electron chi connectivity index (χ0n) is 12.0. The van der Waals surface area contributed by atoms with Gasteiger partial charge in [-0.2, -0.15) is 0 Å². The number of carboxylic acids is 1. The third-order valence-electron chi connectivity index (χ3n) is 4.16. The zero-order chi connectivity index (χ0) is 15.0. The minimum atomic E-state index is -1.06. The average molecular weight is 293 g/mol. The van der Waals surface area contributed by atoms with Gasteiger partial charge in [0.15, 0.2) is 5.76 Å². The standard InChI is InChI=1S/C15H19NO5/c1-2-12-10(15(18)19)7-13(21-12)14(17)16-5-6-20-8-11(16)9-3-4-9/h7,9,11H,2-6,8H2,1H3,(H,18,19). The van der Waals surface area contributed by atoms with Gasteiger partial charge in [0.05, 0.1) is 19.3 Å². The summed E-state index contributed by atoms with van der Waals surface area (Å²) in [6.07, 6.45) is 2.69. The number of rotatable bonds is 4. The van der Waals surface area contributed by atoms with Crippen LogP contribution >= 0.6 is 0 Å². The minimum absolute atomic E-state index is 0.0806. The van der Waals surface area contributed by atoms with Crippen molar-refractivity contribution in [2.75, 3.05) is 19.8 Å². The predicted molar refractivity (Wildman–Crippen MR) is 73.4 cm³/mol. The van der Waals surface area contributed by atoms with E-state index in [1.807, 2.05) is 0 Å². The topological polar surface area (TPSA) is 80.0 Å². The van der Waals surface area contributed by atoms with Crippen molar-refractivity contribution < 1.29 is 23.8 Å². The molecule has 1 aromatic heterocycles. The van der Waals surface area contributed by atoms with Crippen LogP contribution in [0.25, 0.3) is 0 Å². The molecule has 1 N–H and O–H groups in total. The molecule has 114 valence electrons. The molecule has 3 rings (SSSR count). The molecule has 1 atom stereocenters. The Kier molecular flexibility index (Phi) is 3.71. The Bertz CT molecular complexity index is 560. The number of furan rings is 1. The molecule has 1 aliphatic carbocycles. The normalized spacial score (nSPS) is 22.3. The van der Waals surface area contributed by atoms with E-state index in [0.717, 1.165) is 12.8 Å². The minimum Gasteiger partial charge on any atom is -0.478 e. The maximum Gasteiger partial charge on any atom is 0.339 e. The van der Waals surface area contributed by atoms with E-state index in [0.29, 0.717) is 37.9 Å². The highest BCUT2D eigenvalue weighted by molar-refractivity contribution is 5.96. The number of carbonyl (C=O) groups is 2. The van der Waals surface area contributed by atoms with Gasteiger partial charge in [-0.25, -0.2) is 4.79 Å². The van der Waals surface area contributed by atoms with E-state index in [1.54, 1.807) is 11.8 Å². The smallest absolute Gasteiger partial charge is 0.339 e. The van der Waals surface area contributed by atoms with Gasteiger partial charge in [-0.3, -0.25) is 4.79 Å². The van der Waals surface area contributed by atoms with Crippen molar-refractivity contribution >= 4 is 11.9 Å². The molecule has 6 nitrogen and oxygen atoms in total. The Morgan fingerprint density at radius 3 is 2.76 bits per heavy atom. The molecular weight excluding hydrogens is 274 g/mol. The van der Waals surface area contributed by atoms with Crippen molar-refractivity contribution in [3.05, 3.63) is 23.2 Å². The summed E-state index contributed by atoms with van der Waals surface area (Å²) >= 11 is 0. The number of hydrogen-bond acceptors (Lipinski definition) is 4. The monoisotopic (exact) mass is 293 g/mol. The third-order valence-corrected chi connectivity index (χ3v) is 4.16. The predicted octanol–water partition coefficient (Wildman–Crippen LogP) is 1.79. The second-order valence-corrected chi connectivity index (χ2v) is 5.58. The van der Waals surface area contributed by atoms with Gasteiger partial charge in [-0.15, -0.1) is 0 Å². The molecule has 6 heteroatoms. The van der Waals surface area contributed by atoms with Crippen LogP contribution in [0.15, 0.2) is 10.5 Å². The van der Waals surface area contributed by atoms with Gasteiger partial charge < -0.3 is 19.2 Å². The molecule has 1 aromatic rings. The molecular formula is C15H19NO5. The molecule has 2 fully saturated rings. The fourth-order valence-corrected chi connectivity index (χ4v) is 2.87. The lowest BCUT2D eigenvalue weighted by Gasteiger charge is -2.35. The molecule has 0 spiro atoms. The highest BCUT2D eigenvalue weighted by Gasteiger charge is 2.40. The molecule has 0 bridgehead atoms. The number of nitrogens with zero attached hydrogens (tertiary/aromatic N) is 1. The molecule has 21 heavy (non-hydrogen) atoms. The van der Waals surface area contributed by atoms with Gasteiger partial charge in [-0.1, -0.05) is 6.92 Å². The molecule has 1 saturated heterocycles. The fraction of sp³-hybridized carbons (Fsp3) is 0.600. The molecule has 1 amide bonds. The second-order valence-electron chi connectivity index (χ2n) is 5.58. The first-order chi connectivity index (χ1) is 10.1. The number of carbonyl (C=O) groups excluding carboxylic acids is 1. The number of carboxylic acid groups (broad SMARTS) is 1. The first-order valence-electron chi connectivity index (χ1n) is 7.36. The van der Waals surface area contributed by atoms with Gasteiger partial charge in [0.25, 0.3) is 5.91 Å². The van der Waals surface area contributed by atoms with E-state index in [2.05, 4.69) is 0 Å². The Balaban J connectivity index is 1.85. The molecule has 1 aliphatic heterocycles. The summed E-state index contributed by atoms with van der Waals surface area (Å²) in [6, 6.07) is 1.44. The summed E-state index contributed by atoms with van der Waals surface area (Å²) in [5.74, 6) is -0.305. The second kappa shape index (κ2) is 5.52. The SMILES string of the molecule is CCc1oc(C(=O)N2CCOCC2C2CC2)cc1C(=O)O. The van der Waals surface area contributed by atoms with E-state index in [4.69, 9.17) is 14.3 Å². The van der Waals surface area contributed by atoms with Crippen molar-refractivity contribution in [2.45, 2.75) is 32.2 Å². The van der Waals surface area contributed by atoms with Gasteiger partial charge >= 0.3 is 5.97 Å². The summed E-state index contributed by atoms with van der Waals surface area (Å²) in [5, 5.41) is 9.15. The average Bonchev–Trinajstić information content (AvgIpc) is 3.24. The first kappa shape index (κ1) is 14.1. The number of aromatic carboxylic acids is 1. The van der Waals surface area contributed by atoms with Crippen LogP contribution in [0.3, 0.4) is 0 Å². The van der Waals surface area contributed by atoms with Crippen LogP contribution in [-0.2, 0) is 11.2 Å². The molecule has 1 unspecified atom stereocenters. The molecule has 2 aliphatic rings. The maximum atomic E-state index is 12.6. The van der Waals surface area contributed by atoms with E-state index >= 15 is 0 Å². The Morgan fingerprint density at radius 1 is 1.43 bits per heavy atom. The lowest BCUT2D eigenvalue weighted by atomic mass is 10.1. The van der Waals surface area contributed by atoms with Crippen LogP contribution in [0.4, 0.5) is 0 Å². The first-order valence-corrected chi connectivity index (χ1v) is 7.36. The zero-order valence-corrected chi connectivity index (χ0v) is 12.0. The number of hydrogen-bond donors (Lipinski definition) is 1. The van der Waals surface area contributed by atoms with Crippen molar-refractivity contribution in [3.63, 3.8) is 0 Å². The van der Waals surface area contributed by atoms with Crippen molar-refractivity contribution in [1.82, 2.24) is 4.90 Å². The summed E-state index contributed by atoms with van der Waals surface area (Å²) in [7, 11) is 0. The number of aryl methyl sites for hydroxylation is 1. The van der Waals surface area contributed by atoms with Crippen LogP contribution in [0, 0.1) is 5.92 Å². The molecule has 1 saturated carbocycles. The molecule has 2 heterocycles. The Hall–Kier alpha value is -1.82. The highest BCUT2D eigenvalue weighted by Crippen LogP contribution is 2.37. The third kappa shape index (κ3) is 2.68. The maximum absolute atomic E-state index is 12.6. The number of amides is 1. The van der Waals surface area contributed by atoms with Crippen LogP contribution in [0.1, 0.15) is 46.4 Å². The largest absolute Gasteiger partial charge is 0.478 e. The van der Waals surface area contributed by atoms with Crippen molar-refractivity contribution in [2.24, 2.45) is 5.92 Å². The summed E-state index contributed by atoms with van der Waals surface area (Å²) < 4.78 is 10.9. The summed E-state index contributed by atoms with van der Waals surface area (Å²) in [5.41, 5.74) is 0.0806. The molecule has 0 aromatic carbocycles. The van der Waals surface area contributed by atoms with Crippen molar-refractivity contribution in [3.8, 4) is 0 Å². The van der Waals surface area contributed by atoms with Gasteiger partial charge in [0, 0.05) is 19.0 Å². The van der Waals surface area contributed by atoms with Crippen LogP contribution in [0.5, 0.6) is 0 Å². The van der Waals surface area contributed by atoms with Crippen LogP contribution in [0.2, 0.25) is 0 Å². The van der Waals surface area contributed by atoms with E-state index in [9.17, 15) is 9.59 Å². The fourth-order valence-electron chi connectivity index (χ4n) is 2.87. The Morgan fingerprint density at radius 2 is 2.19 bits per heavy atom. The van der Waals surface area contributed by atoms with Gasteiger partial charge in [-0.05, 0) is 18.8 Å². The molecule has 0 radical (unpaired) electrons. The van der Waals surface area contributed by atoms with Gasteiger partial charge in [0.2, 0.25) is 0 Å². The summed E-state index contributed by atoms with van der Waals surface area (Å²) in [6.45, 7) is 3.41. The van der Waals surface area contributed by atoms with E-state index in [1.165, 1.54) is 6.07 Å². The highest BCUT2D eigenvalue weighted by atomic mass is 16.5. The van der Waals surface area contributed by atoms with E-state index < -0.39 is 5.97 Å². The van der Waals surface area contributed by atoms with Crippen LogP contribution < -0.4 is 0 Å². The lowest BCUT2D eigenvalue weighted by Crippen LogP contribution is -2.49. The van der Waals surface area contributed by atoms with E-state index in [-0.39, 0.29) is 23.3 Å². The summed E-state index contributed by atoms with van der Waals surface area (Å²) in [4.78, 5) is 25.6. The van der Waals surface area contributed by atoms with Gasteiger partial charge in [0.1, 0.15) is 11.3 Å². The van der Waals surface area contributed by atoms with Crippen molar-refractivity contribution in [1.29, 1.82) is 0 Å².